The lowest BCUT2D eigenvalue weighted by Gasteiger charge is -2.33. The lowest BCUT2D eigenvalue weighted by Crippen LogP contribution is -2.44. The van der Waals surface area contributed by atoms with Gasteiger partial charge in [-0.15, -0.1) is 0 Å². The van der Waals surface area contributed by atoms with E-state index in [0.717, 1.165) is 19.2 Å². The molecule has 1 fully saturated rings. The van der Waals surface area contributed by atoms with Crippen LogP contribution in [-0.2, 0) is 12.7 Å². The fourth-order valence-corrected chi connectivity index (χ4v) is 5.13. The number of halogens is 4. The Kier molecular flexibility index (Phi) is 9.75. The third-order valence-electron chi connectivity index (χ3n) is 7.36. The van der Waals surface area contributed by atoms with E-state index in [1.807, 2.05) is 11.9 Å². The molecule has 3 aromatic carbocycles. The molecule has 1 aliphatic rings. The van der Waals surface area contributed by atoms with Crippen LogP contribution in [0.15, 0.2) is 65.7 Å². The number of nitrogens with one attached hydrogen (secondary N) is 1. The van der Waals surface area contributed by atoms with Crippen LogP contribution in [0.4, 0.5) is 24.7 Å². The highest BCUT2D eigenvalue weighted by atomic mass is 35.5. The predicted molar refractivity (Wildman–Crippen MR) is 171 cm³/mol. The van der Waals surface area contributed by atoms with Crippen LogP contribution in [0, 0.1) is 0 Å². The highest BCUT2D eigenvalue weighted by Crippen LogP contribution is 2.36. The number of aromatic nitrogens is 2. The first kappa shape index (κ1) is 32.7. The number of hydrogen-bond acceptors (Lipinski definition) is 9. The molecule has 5 rings (SSSR count). The Balaban J connectivity index is 1.40. The number of carbonyl (C=O) groups is 1. The number of aromatic hydroxyl groups is 1. The summed E-state index contributed by atoms with van der Waals surface area (Å²) in [4.78, 5) is 30.1. The van der Waals surface area contributed by atoms with Gasteiger partial charge in [0.15, 0.2) is 5.82 Å². The minimum atomic E-state index is -4.62. The summed E-state index contributed by atoms with van der Waals surface area (Å²) in [6.07, 6.45) is -3.21. The van der Waals surface area contributed by atoms with Gasteiger partial charge in [0.1, 0.15) is 17.3 Å². The van der Waals surface area contributed by atoms with Gasteiger partial charge in [-0.25, -0.2) is 4.98 Å². The highest BCUT2D eigenvalue weighted by Gasteiger charge is 2.34. The van der Waals surface area contributed by atoms with Crippen molar-refractivity contribution in [3.63, 3.8) is 0 Å². The number of ether oxygens (including phenoxy) is 1. The maximum Gasteiger partial charge on any atom is 0.416 e. The number of carbonyl (C=O) groups excluding carboxylic acids is 1. The van der Waals surface area contributed by atoms with Crippen molar-refractivity contribution in [1.29, 1.82) is 0 Å². The van der Waals surface area contributed by atoms with E-state index in [2.05, 4.69) is 25.2 Å². The topological polar surface area (TPSA) is 129 Å². The second-order valence-corrected chi connectivity index (χ2v) is 11.1. The van der Waals surface area contributed by atoms with E-state index in [1.54, 1.807) is 12.1 Å². The van der Waals surface area contributed by atoms with Crippen LogP contribution >= 0.6 is 11.6 Å². The molecular formula is C32H31ClF3N7O3. The number of nitrogens with two attached hydrogens (primary N) is 1. The molecule has 0 aliphatic carbocycles. The van der Waals surface area contributed by atoms with Crippen LogP contribution < -0.4 is 15.8 Å². The Morgan fingerprint density at radius 2 is 1.87 bits per heavy atom. The van der Waals surface area contributed by atoms with Crippen molar-refractivity contribution < 1.29 is 27.8 Å². The van der Waals surface area contributed by atoms with Crippen molar-refractivity contribution in [3.05, 3.63) is 87.9 Å². The average molecular weight is 654 g/mol. The van der Waals surface area contributed by atoms with Crippen LogP contribution in [0.1, 0.15) is 27.0 Å². The number of benzene rings is 3. The number of piperazine rings is 1. The van der Waals surface area contributed by atoms with E-state index in [-0.39, 0.29) is 63.0 Å². The molecule has 1 amide bonds. The van der Waals surface area contributed by atoms with Crippen LogP contribution in [0.3, 0.4) is 0 Å². The molecule has 0 atom stereocenters. The van der Waals surface area contributed by atoms with Crippen molar-refractivity contribution in [3.8, 4) is 28.8 Å². The van der Waals surface area contributed by atoms with Crippen molar-refractivity contribution >= 4 is 35.2 Å². The Morgan fingerprint density at radius 3 is 2.57 bits per heavy atom. The van der Waals surface area contributed by atoms with E-state index < -0.39 is 17.6 Å². The molecule has 240 valence electrons. The van der Waals surface area contributed by atoms with Crippen LogP contribution in [-0.4, -0.2) is 77.3 Å². The van der Waals surface area contributed by atoms with Crippen molar-refractivity contribution in [2.24, 2.45) is 4.99 Å². The first-order chi connectivity index (χ1) is 21.9. The van der Waals surface area contributed by atoms with Gasteiger partial charge >= 0.3 is 6.18 Å². The fourth-order valence-electron chi connectivity index (χ4n) is 4.92. The Labute approximate surface area is 268 Å². The Morgan fingerprint density at radius 1 is 1.11 bits per heavy atom. The SMILES string of the molecule is CN=Cc1c(N)nc(-c2cccc(O)c2)nc1Oc1ccc(Cl)c(C(=O)Nc2ccc(CN3CCN(C)CC3)c(C(F)(F)F)c2)c1. The van der Waals surface area contributed by atoms with Gasteiger partial charge in [0, 0.05) is 57.2 Å². The molecule has 2 heterocycles. The largest absolute Gasteiger partial charge is 0.508 e. The standard InChI is InChI=1S/C32H31ClF3N7O3/c1-38-17-25-28(37)40-29(19-4-3-5-22(44)14-19)41-31(25)46-23-8-9-27(33)24(16-23)30(45)39-21-7-6-20(26(15-21)32(34,35)36)18-43-12-10-42(2)11-13-43/h3-9,14-17,44H,10-13,18H2,1-2H3,(H,39,45)(H2,37,40,41). The first-order valence-electron chi connectivity index (χ1n) is 14.2. The number of rotatable bonds is 8. The van der Waals surface area contributed by atoms with Crippen molar-refractivity contribution in [2.45, 2.75) is 12.7 Å². The lowest BCUT2D eigenvalue weighted by molar-refractivity contribution is -0.138. The van der Waals surface area contributed by atoms with Crippen LogP contribution in [0.2, 0.25) is 5.02 Å². The molecule has 1 saturated heterocycles. The zero-order valence-electron chi connectivity index (χ0n) is 25.0. The Hall–Kier alpha value is -4.72. The van der Waals surface area contributed by atoms with Gasteiger partial charge in [0.2, 0.25) is 5.88 Å². The summed E-state index contributed by atoms with van der Waals surface area (Å²) < 4.78 is 48.3. The van der Waals surface area contributed by atoms with Crippen molar-refractivity contribution in [2.75, 3.05) is 51.3 Å². The second-order valence-electron chi connectivity index (χ2n) is 10.7. The summed E-state index contributed by atoms with van der Waals surface area (Å²) >= 11 is 6.34. The maximum atomic E-state index is 14.1. The zero-order valence-corrected chi connectivity index (χ0v) is 25.7. The molecule has 14 heteroatoms. The number of likely N-dealkylation sites (N-methyl/N-ethyl adjacent to an activating group) is 1. The molecule has 1 aromatic heterocycles. The zero-order chi connectivity index (χ0) is 33.0. The summed E-state index contributed by atoms with van der Waals surface area (Å²) in [7, 11) is 3.50. The number of alkyl halides is 3. The minimum absolute atomic E-state index is 0.00159. The number of phenols is 1. The number of nitrogen functional groups attached to an aromatic ring is 1. The quantitative estimate of drug-likeness (QED) is 0.199. The molecule has 4 aromatic rings. The first-order valence-corrected chi connectivity index (χ1v) is 14.6. The second kappa shape index (κ2) is 13.7. The molecule has 10 nitrogen and oxygen atoms in total. The van der Waals surface area contributed by atoms with Gasteiger partial charge in [-0.1, -0.05) is 29.8 Å². The summed E-state index contributed by atoms with van der Waals surface area (Å²) in [5.74, 6) is -0.373. The molecule has 46 heavy (non-hydrogen) atoms. The van der Waals surface area contributed by atoms with Crippen LogP contribution in [0.5, 0.6) is 17.4 Å². The van der Waals surface area contributed by atoms with E-state index in [0.29, 0.717) is 18.7 Å². The summed E-state index contributed by atoms with van der Waals surface area (Å²) in [5.41, 5.74) is 6.15. The molecule has 0 unspecified atom stereocenters. The minimum Gasteiger partial charge on any atom is -0.508 e. The van der Waals surface area contributed by atoms with Gasteiger partial charge in [-0.05, 0) is 55.1 Å². The number of amides is 1. The van der Waals surface area contributed by atoms with E-state index >= 15 is 0 Å². The summed E-state index contributed by atoms with van der Waals surface area (Å²) in [6, 6.07) is 14.3. The van der Waals surface area contributed by atoms with E-state index in [4.69, 9.17) is 22.1 Å². The summed E-state index contributed by atoms with van der Waals surface area (Å²) in [5, 5.41) is 12.5. The molecule has 0 radical (unpaired) electrons. The predicted octanol–water partition coefficient (Wildman–Crippen LogP) is 5.94. The third-order valence-corrected chi connectivity index (χ3v) is 7.69. The van der Waals surface area contributed by atoms with Gasteiger partial charge < -0.3 is 25.8 Å². The molecular weight excluding hydrogens is 623 g/mol. The maximum absolute atomic E-state index is 14.1. The molecule has 0 spiro atoms. The molecule has 0 bridgehead atoms. The highest BCUT2D eigenvalue weighted by molar-refractivity contribution is 6.34. The van der Waals surface area contributed by atoms with E-state index in [1.165, 1.54) is 55.7 Å². The number of phenolic OH excluding ortho intramolecular Hbond substituents is 1. The van der Waals surface area contributed by atoms with Gasteiger partial charge in [0.05, 0.1) is 21.7 Å². The number of anilines is 2. The summed E-state index contributed by atoms with van der Waals surface area (Å²) in [6.45, 7) is 3.02. The average Bonchev–Trinajstić information content (AvgIpc) is 3.01. The number of aliphatic imine (C=N–C) groups is 1. The third kappa shape index (κ3) is 7.73. The Bertz CT molecular complexity index is 1780. The number of nitrogens with zero attached hydrogens (tertiary/aromatic N) is 5. The lowest BCUT2D eigenvalue weighted by atomic mass is 10.0. The van der Waals surface area contributed by atoms with Crippen molar-refractivity contribution in [1.82, 2.24) is 19.8 Å². The monoisotopic (exact) mass is 653 g/mol. The van der Waals surface area contributed by atoms with E-state index in [9.17, 15) is 23.1 Å². The van der Waals surface area contributed by atoms with Gasteiger partial charge in [-0.3, -0.25) is 14.7 Å². The van der Waals surface area contributed by atoms with Crippen LogP contribution in [0.25, 0.3) is 11.4 Å². The molecule has 4 N–H and O–H groups in total. The fraction of sp³-hybridized carbons (Fsp3) is 0.250. The number of hydrogen-bond donors (Lipinski definition) is 3. The van der Waals surface area contributed by atoms with Gasteiger partial charge in [0.25, 0.3) is 5.91 Å². The smallest absolute Gasteiger partial charge is 0.416 e. The normalized spacial score (nSPS) is 14.5. The molecule has 0 saturated carbocycles. The molecule has 1 aliphatic heterocycles. The van der Waals surface area contributed by atoms with Gasteiger partial charge in [-0.2, -0.15) is 18.2 Å².